The van der Waals surface area contributed by atoms with Crippen molar-refractivity contribution in [1.82, 2.24) is 4.57 Å². The third kappa shape index (κ3) is 4.32. The van der Waals surface area contributed by atoms with Crippen LogP contribution in [0.25, 0.3) is 22.2 Å². The molecular weight excluding hydrogens is 419 g/mol. The normalized spacial score (nSPS) is 11.5. The van der Waals surface area contributed by atoms with Gasteiger partial charge in [-0.05, 0) is 41.0 Å². The molecule has 0 saturated carbocycles. The lowest BCUT2D eigenvalue weighted by Gasteiger charge is -2.10. The summed E-state index contributed by atoms with van der Waals surface area (Å²) in [5.74, 6) is -0.702. The fourth-order valence-electron chi connectivity index (χ4n) is 3.96. The molecule has 0 bridgehead atoms. The Balaban J connectivity index is 1.87. The quantitative estimate of drug-likeness (QED) is 0.352. The molecule has 0 aliphatic rings. The van der Waals surface area contributed by atoms with Gasteiger partial charge in [-0.3, -0.25) is 0 Å². The Hall–Kier alpha value is -3.74. The molecule has 7 heteroatoms. The van der Waals surface area contributed by atoms with Gasteiger partial charge in [0.05, 0.1) is 23.9 Å². The molecule has 3 aromatic carbocycles. The molecule has 0 N–H and O–H groups in total. The second-order valence-corrected chi connectivity index (χ2v) is 7.35. The highest BCUT2D eigenvalue weighted by molar-refractivity contribution is 5.93. The fourth-order valence-corrected chi connectivity index (χ4v) is 3.96. The number of rotatable bonds is 5. The van der Waals surface area contributed by atoms with E-state index in [9.17, 15) is 18.0 Å². The topological polar surface area (TPSA) is 40.5 Å². The van der Waals surface area contributed by atoms with Gasteiger partial charge in [-0.15, -0.1) is 13.2 Å². The largest absolute Gasteiger partial charge is 0.573 e. The van der Waals surface area contributed by atoms with Crippen LogP contribution in [0.1, 0.15) is 21.5 Å². The van der Waals surface area contributed by atoms with Gasteiger partial charge in [0.25, 0.3) is 0 Å². The number of halogens is 3. The van der Waals surface area contributed by atoms with Crippen molar-refractivity contribution in [1.29, 1.82) is 0 Å². The molecule has 0 aliphatic carbocycles. The summed E-state index contributed by atoms with van der Waals surface area (Å²) in [7, 11) is 3.14. The number of nitrogens with zero attached hydrogens (tertiary/aromatic N) is 1. The van der Waals surface area contributed by atoms with Gasteiger partial charge in [0.15, 0.2) is 0 Å². The van der Waals surface area contributed by atoms with Gasteiger partial charge in [-0.2, -0.15) is 0 Å². The van der Waals surface area contributed by atoms with Gasteiger partial charge in [-0.25, -0.2) is 4.79 Å². The van der Waals surface area contributed by atoms with Crippen molar-refractivity contribution in [2.24, 2.45) is 7.05 Å². The molecule has 0 atom stereocenters. The van der Waals surface area contributed by atoms with E-state index in [4.69, 9.17) is 4.74 Å². The highest BCUT2D eigenvalue weighted by Crippen LogP contribution is 2.37. The molecule has 164 valence electrons. The predicted molar refractivity (Wildman–Crippen MR) is 116 cm³/mol. The first-order chi connectivity index (χ1) is 15.3. The molecule has 1 aromatic heterocycles. The second-order valence-electron chi connectivity index (χ2n) is 7.35. The van der Waals surface area contributed by atoms with E-state index in [1.54, 1.807) is 24.3 Å². The Bertz CT molecular complexity index is 1280. The highest BCUT2D eigenvalue weighted by atomic mass is 19.4. The maximum atomic E-state index is 12.7. The lowest BCUT2D eigenvalue weighted by atomic mass is 9.97. The predicted octanol–water partition coefficient (Wildman–Crippen LogP) is 6.12. The Labute approximate surface area is 182 Å². The molecule has 1 heterocycles. The summed E-state index contributed by atoms with van der Waals surface area (Å²) < 4.78 is 49.0. The summed E-state index contributed by atoms with van der Waals surface area (Å²) in [5.41, 5.74) is 4.69. The Morgan fingerprint density at radius 3 is 2.41 bits per heavy atom. The molecule has 4 aromatic rings. The van der Waals surface area contributed by atoms with Crippen molar-refractivity contribution < 1.29 is 27.4 Å². The van der Waals surface area contributed by atoms with E-state index in [-0.39, 0.29) is 5.75 Å². The number of hydrogen-bond acceptors (Lipinski definition) is 3. The van der Waals surface area contributed by atoms with E-state index in [2.05, 4.69) is 4.74 Å². The number of benzene rings is 3. The number of hydrogen-bond donors (Lipinski definition) is 0. The summed E-state index contributed by atoms with van der Waals surface area (Å²) in [6.45, 7) is 0. The summed E-state index contributed by atoms with van der Waals surface area (Å²) in [6, 6.07) is 21.1. The van der Waals surface area contributed by atoms with Crippen LogP contribution in [0.15, 0.2) is 72.8 Å². The van der Waals surface area contributed by atoms with Crippen LogP contribution in [0.4, 0.5) is 13.2 Å². The number of ether oxygens (including phenoxy) is 2. The van der Waals surface area contributed by atoms with Crippen LogP contribution < -0.4 is 4.74 Å². The Morgan fingerprint density at radius 2 is 1.72 bits per heavy atom. The van der Waals surface area contributed by atoms with E-state index in [1.807, 2.05) is 48.0 Å². The molecular formula is C25H20F3NO3. The lowest BCUT2D eigenvalue weighted by molar-refractivity contribution is -0.274. The SMILES string of the molecule is COC(=O)c1cccc(Cc2c(-c3ccccc3)n(C)c3cc(OC(F)(F)F)ccc23)c1. The first-order valence-corrected chi connectivity index (χ1v) is 9.86. The highest BCUT2D eigenvalue weighted by Gasteiger charge is 2.31. The molecule has 0 unspecified atom stereocenters. The first-order valence-electron chi connectivity index (χ1n) is 9.86. The molecule has 4 nitrogen and oxygen atoms in total. The average molecular weight is 439 g/mol. The van der Waals surface area contributed by atoms with Crippen molar-refractivity contribution in [3.63, 3.8) is 0 Å². The van der Waals surface area contributed by atoms with Crippen molar-refractivity contribution >= 4 is 16.9 Å². The zero-order valence-corrected chi connectivity index (χ0v) is 17.4. The van der Waals surface area contributed by atoms with Crippen LogP contribution in [0.2, 0.25) is 0 Å². The molecule has 0 saturated heterocycles. The number of aromatic nitrogens is 1. The minimum absolute atomic E-state index is 0.274. The first kappa shape index (κ1) is 21.5. The molecule has 32 heavy (non-hydrogen) atoms. The van der Waals surface area contributed by atoms with E-state index >= 15 is 0 Å². The van der Waals surface area contributed by atoms with Crippen LogP contribution in [0, 0.1) is 0 Å². The number of fused-ring (bicyclic) bond motifs is 1. The number of carbonyl (C=O) groups excluding carboxylic acids is 1. The van der Waals surface area contributed by atoms with Crippen LogP contribution in [-0.4, -0.2) is 24.0 Å². The third-order valence-electron chi connectivity index (χ3n) is 5.29. The number of carbonyl (C=O) groups is 1. The van der Waals surface area contributed by atoms with Gasteiger partial charge >= 0.3 is 12.3 Å². The monoisotopic (exact) mass is 439 g/mol. The van der Waals surface area contributed by atoms with Crippen LogP contribution in [-0.2, 0) is 18.2 Å². The zero-order valence-electron chi connectivity index (χ0n) is 17.4. The number of alkyl halides is 3. The molecule has 0 fully saturated rings. The number of methoxy groups -OCH3 is 1. The van der Waals surface area contributed by atoms with E-state index in [0.29, 0.717) is 17.5 Å². The van der Waals surface area contributed by atoms with Crippen LogP contribution in [0.3, 0.4) is 0 Å². The number of esters is 1. The fraction of sp³-hybridized carbons (Fsp3) is 0.160. The van der Waals surface area contributed by atoms with Crippen molar-refractivity contribution in [2.45, 2.75) is 12.8 Å². The summed E-state index contributed by atoms with van der Waals surface area (Å²) in [5, 5.41) is 0.810. The summed E-state index contributed by atoms with van der Waals surface area (Å²) >= 11 is 0. The van der Waals surface area contributed by atoms with Crippen molar-refractivity contribution in [2.75, 3.05) is 7.11 Å². The standard InChI is InChI=1S/C25H20F3NO3/c1-29-22-15-19(32-25(26,27)28)11-12-20(22)21(23(29)17-8-4-3-5-9-17)14-16-7-6-10-18(13-16)24(30)31-2/h3-13,15H,14H2,1-2H3. The molecule has 0 amide bonds. The zero-order chi connectivity index (χ0) is 22.9. The third-order valence-corrected chi connectivity index (χ3v) is 5.29. The number of aryl methyl sites for hydroxylation is 1. The summed E-state index contributed by atoms with van der Waals surface area (Å²) in [6.07, 6.45) is -4.29. The minimum atomic E-state index is -4.77. The van der Waals surface area contributed by atoms with Crippen molar-refractivity contribution in [3.05, 3.63) is 89.5 Å². The van der Waals surface area contributed by atoms with Gasteiger partial charge in [0.2, 0.25) is 0 Å². The molecule has 0 aliphatic heterocycles. The van der Waals surface area contributed by atoms with Gasteiger partial charge in [0, 0.05) is 24.9 Å². The van der Waals surface area contributed by atoms with Gasteiger partial charge in [-0.1, -0.05) is 42.5 Å². The molecule has 0 spiro atoms. The second kappa shape index (κ2) is 8.42. The van der Waals surface area contributed by atoms with Gasteiger partial charge in [0.1, 0.15) is 5.75 Å². The molecule has 4 rings (SSSR count). The maximum Gasteiger partial charge on any atom is 0.573 e. The van der Waals surface area contributed by atoms with Crippen LogP contribution >= 0.6 is 0 Å². The minimum Gasteiger partial charge on any atom is -0.465 e. The average Bonchev–Trinajstić information content (AvgIpc) is 3.04. The molecule has 0 radical (unpaired) electrons. The van der Waals surface area contributed by atoms with Crippen LogP contribution in [0.5, 0.6) is 5.75 Å². The van der Waals surface area contributed by atoms with Crippen molar-refractivity contribution in [3.8, 4) is 17.0 Å². The lowest BCUT2D eigenvalue weighted by Crippen LogP contribution is -2.17. The summed E-state index contributed by atoms with van der Waals surface area (Å²) in [4.78, 5) is 11.9. The van der Waals surface area contributed by atoms with Gasteiger partial charge < -0.3 is 14.0 Å². The smallest absolute Gasteiger partial charge is 0.465 e. The van der Waals surface area contributed by atoms with E-state index in [1.165, 1.54) is 19.2 Å². The maximum absolute atomic E-state index is 12.7. The van der Waals surface area contributed by atoms with E-state index in [0.717, 1.165) is 27.8 Å². The van der Waals surface area contributed by atoms with E-state index < -0.39 is 12.3 Å². The Kier molecular flexibility index (Phi) is 5.65. The Morgan fingerprint density at radius 1 is 0.969 bits per heavy atom.